The molecule has 19 heavy (non-hydrogen) atoms. The third-order valence-corrected chi connectivity index (χ3v) is 3.13. The van der Waals surface area contributed by atoms with Gasteiger partial charge in [-0.3, -0.25) is 4.68 Å². The minimum absolute atomic E-state index is 0.820. The quantitative estimate of drug-likeness (QED) is 0.775. The van der Waals surface area contributed by atoms with Gasteiger partial charge in [0.1, 0.15) is 5.82 Å². The van der Waals surface area contributed by atoms with Crippen LogP contribution in [0, 0.1) is 6.92 Å². The van der Waals surface area contributed by atoms with Gasteiger partial charge in [-0.2, -0.15) is 5.10 Å². The number of nitrogens with one attached hydrogen (secondary N) is 1. The molecule has 2 aromatic heterocycles. The predicted molar refractivity (Wildman–Crippen MR) is 76.0 cm³/mol. The highest BCUT2D eigenvalue weighted by atomic mass is 15.3. The second-order valence-corrected chi connectivity index (χ2v) is 4.74. The van der Waals surface area contributed by atoms with Crippen LogP contribution in [0.3, 0.4) is 0 Å². The molecule has 2 rings (SSSR count). The highest BCUT2D eigenvalue weighted by molar-refractivity contribution is 5.10. The van der Waals surface area contributed by atoms with Crippen LogP contribution in [0.1, 0.15) is 37.5 Å². The van der Waals surface area contributed by atoms with Crippen molar-refractivity contribution in [3.63, 3.8) is 0 Å². The van der Waals surface area contributed by atoms with E-state index in [-0.39, 0.29) is 0 Å². The Morgan fingerprint density at radius 1 is 1.32 bits per heavy atom. The fourth-order valence-corrected chi connectivity index (χ4v) is 2.20. The Hall–Kier alpha value is -1.62. The lowest BCUT2D eigenvalue weighted by Gasteiger charge is -2.09. The molecule has 0 spiro atoms. The number of hydrogen-bond donors (Lipinski definition) is 1. The van der Waals surface area contributed by atoms with Gasteiger partial charge in [0.25, 0.3) is 0 Å². The van der Waals surface area contributed by atoms with Crippen LogP contribution >= 0.6 is 0 Å². The number of rotatable bonds is 7. The molecule has 0 saturated heterocycles. The normalized spacial score (nSPS) is 11.1. The molecule has 0 bridgehead atoms. The standard InChI is InChI=1S/C14H23N5/c1-4-6-15-10-14-16-7-8-18(14)11-13-9-12(3)17-19(13)5-2/h7-9,15H,4-6,10-11H2,1-3H3. The second kappa shape index (κ2) is 6.52. The zero-order chi connectivity index (χ0) is 13.7. The highest BCUT2D eigenvalue weighted by Gasteiger charge is 2.08. The van der Waals surface area contributed by atoms with Gasteiger partial charge in [0, 0.05) is 18.9 Å². The number of imidazole rings is 1. The molecule has 0 radical (unpaired) electrons. The number of aromatic nitrogens is 4. The van der Waals surface area contributed by atoms with Crippen LogP contribution in [-0.2, 0) is 19.6 Å². The van der Waals surface area contributed by atoms with Gasteiger partial charge < -0.3 is 9.88 Å². The largest absolute Gasteiger partial charge is 0.328 e. The zero-order valence-corrected chi connectivity index (χ0v) is 12.1. The Morgan fingerprint density at radius 3 is 2.89 bits per heavy atom. The van der Waals surface area contributed by atoms with Crippen molar-refractivity contribution >= 4 is 0 Å². The SMILES string of the molecule is CCCNCc1nccn1Cc1cc(C)nn1CC. The highest BCUT2D eigenvalue weighted by Crippen LogP contribution is 2.08. The molecule has 2 heterocycles. The van der Waals surface area contributed by atoms with Crippen molar-refractivity contribution in [2.24, 2.45) is 0 Å². The molecule has 0 atom stereocenters. The van der Waals surface area contributed by atoms with E-state index in [1.165, 1.54) is 5.69 Å². The summed E-state index contributed by atoms with van der Waals surface area (Å²) in [5, 5.41) is 7.87. The van der Waals surface area contributed by atoms with E-state index in [9.17, 15) is 0 Å². The monoisotopic (exact) mass is 261 g/mol. The second-order valence-electron chi connectivity index (χ2n) is 4.74. The van der Waals surface area contributed by atoms with E-state index in [4.69, 9.17) is 0 Å². The van der Waals surface area contributed by atoms with Crippen LogP contribution in [0.4, 0.5) is 0 Å². The maximum absolute atomic E-state index is 4.48. The lowest BCUT2D eigenvalue weighted by Crippen LogP contribution is -2.18. The summed E-state index contributed by atoms with van der Waals surface area (Å²) in [4.78, 5) is 4.42. The van der Waals surface area contributed by atoms with E-state index < -0.39 is 0 Å². The molecule has 0 aromatic carbocycles. The lowest BCUT2D eigenvalue weighted by atomic mass is 10.3. The summed E-state index contributed by atoms with van der Waals surface area (Å²) in [7, 11) is 0. The third-order valence-electron chi connectivity index (χ3n) is 3.13. The summed E-state index contributed by atoms with van der Waals surface area (Å²) in [5.74, 6) is 1.08. The van der Waals surface area contributed by atoms with Gasteiger partial charge in [0.15, 0.2) is 0 Å². The van der Waals surface area contributed by atoms with Gasteiger partial charge in [0.2, 0.25) is 0 Å². The molecule has 0 unspecified atom stereocenters. The molecule has 0 saturated carbocycles. The third kappa shape index (κ3) is 3.44. The van der Waals surface area contributed by atoms with Crippen LogP contribution in [0.2, 0.25) is 0 Å². The molecule has 0 amide bonds. The molecule has 5 heteroatoms. The van der Waals surface area contributed by atoms with Crippen molar-refractivity contribution in [1.82, 2.24) is 24.6 Å². The Balaban J connectivity index is 2.08. The topological polar surface area (TPSA) is 47.7 Å². The molecule has 0 aliphatic rings. The van der Waals surface area contributed by atoms with E-state index in [0.717, 1.165) is 44.1 Å². The van der Waals surface area contributed by atoms with Crippen LogP contribution in [-0.4, -0.2) is 25.9 Å². The molecular formula is C14H23N5. The zero-order valence-electron chi connectivity index (χ0n) is 12.1. The first kappa shape index (κ1) is 13.8. The van der Waals surface area contributed by atoms with Gasteiger partial charge in [0.05, 0.1) is 24.5 Å². The van der Waals surface area contributed by atoms with Crippen molar-refractivity contribution in [3.8, 4) is 0 Å². The Kier molecular flexibility index (Phi) is 4.74. The summed E-state index contributed by atoms with van der Waals surface area (Å²) in [5.41, 5.74) is 2.30. The van der Waals surface area contributed by atoms with E-state index in [2.05, 4.69) is 44.6 Å². The minimum atomic E-state index is 0.820. The van der Waals surface area contributed by atoms with Crippen molar-refractivity contribution in [2.75, 3.05) is 6.54 Å². The van der Waals surface area contributed by atoms with Crippen molar-refractivity contribution in [3.05, 3.63) is 35.7 Å². The minimum Gasteiger partial charge on any atom is -0.328 e. The maximum atomic E-state index is 4.48. The summed E-state index contributed by atoms with van der Waals surface area (Å²) >= 11 is 0. The molecule has 1 N–H and O–H groups in total. The van der Waals surface area contributed by atoms with Crippen molar-refractivity contribution < 1.29 is 0 Å². The maximum Gasteiger partial charge on any atom is 0.123 e. The summed E-state index contributed by atoms with van der Waals surface area (Å²) in [6.07, 6.45) is 5.04. The van der Waals surface area contributed by atoms with E-state index in [1.54, 1.807) is 0 Å². The van der Waals surface area contributed by atoms with Crippen LogP contribution < -0.4 is 5.32 Å². The number of hydrogen-bond acceptors (Lipinski definition) is 3. The lowest BCUT2D eigenvalue weighted by molar-refractivity contribution is 0.572. The molecular weight excluding hydrogens is 238 g/mol. The Labute approximate surface area is 114 Å². The average Bonchev–Trinajstić information content (AvgIpc) is 2.97. The first-order valence-corrected chi connectivity index (χ1v) is 6.98. The van der Waals surface area contributed by atoms with Gasteiger partial charge in [-0.15, -0.1) is 0 Å². The number of aryl methyl sites for hydroxylation is 2. The van der Waals surface area contributed by atoms with Crippen LogP contribution in [0.15, 0.2) is 18.5 Å². The van der Waals surface area contributed by atoms with Gasteiger partial charge in [-0.05, 0) is 32.9 Å². The Bertz CT molecular complexity index is 512. The van der Waals surface area contributed by atoms with Crippen LogP contribution in [0.25, 0.3) is 0 Å². The molecule has 0 aliphatic heterocycles. The first-order chi connectivity index (χ1) is 9.24. The van der Waals surface area contributed by atoms with Crippen molar-refractivity contribution in [1.29, 1.82) is 0 Å². The molecule has 0 aliphatic carbocycles. The molecule has 104 valence electrons. The van der Waals surface area contributed by atoms with Gasteiger partial charge >= 0.3 is 0 Å². The van der Waals surface area contributed by atoms with E-state index in [0.29, 0.717) is 0 Å². The molecule has 5 nitrogen and oxygen atoms in total. The summed E-state index contributed by atoms with van der Waals surface area (Å²) in [6, 6.07) is 2.15. The fourth-order valence-electron chi connectivity index (χ4n) is 2.20. The van der Waals surface area contributed by atoms with E-state index in [1.807, 2.05) is 19.3 Å². The smallest absolute Gasteiger partial charge is 0.123 e. The van der Waals surface area contributed by atoms with Crippen molar-refractivity contribution in [2.45, 2.75) is 46.8 Å². The average molecular weight is 261 g/mol. The Morgan fingerprint density at radius 2 is 2.16 bits per heavy atom. The van der Waals surface area contributed by atoms with Crippen LogP contribution in [0.5, 0.6) is 0 Å². The van der Waals surface area contributed by atoms with Gasteiger partial charge in [-0.1, -0.05) is 6.92 Å². The summed E-state index contributed by atoms with van der Waals surface area (Å²) in [6.45, 7) is 9.90. The number of nitrogens with zero attached hydrogens (tertiary/aromatic N) is 4. The summed E-state index contributed by atoms with van der Waals surface area (Å²) < 4.78 is 4.24. The molecule has 2 aromatic rings. The molecule has 0 fully saturated rings. The van der Waals surface area contributed by atoms with E-state index >= 15 is 0 Å². The van der Waals surface area contributed by atoms with Gasteiger partial charge in [-0.25, -0.2) is 4.98 Å². The fraction of sp³-hybridized carbons (Fsp3) is 0.571. The first-order valence-electron chi connectivity index (χ1n) is 6.98. The predicted octanol–water partition coefficient (Wildman–Crippen LogP) is 1.96.